The zero-order chi connectivity index (χ0) is 97.6. The quantitative estimate of drug-likeness (QED) is 0.0239. The second-order valence-electron chi connectivity index (χ2n) is 41.7. The van der Waals surface area contributed by atoms with Crippen molar-refractivity contribution in [2.24, 2.45) is 53.3 Å². The van der Waals surface area contributed by atoms with Gasteiger partial charge in [-0.05, 0) is 151 Å². The van der Waals surface area contributed by atoms with Crippen molar-refractivity contribution >= 4 is 24.0 Å². The van der Waals surface area contributed by atoms with Crippen molar-refractivity contribution < 1.29 is 130 Å². The number of allylic oxidation sites excluding steroid dienone is 5. The molecule has 0 aromatic heterocycles. The van der Waals surface area contributed by atoms with E-state index in [0.717, 1.165) is 43.3 Å². The number of unbranched alkanes of at least 4 members (excludes halogenated alkanes) is 3. The number of carbonyl (C=O) groups excluding carboxylic acids is 4. The highest BCUT2D eigenvalue weighted by molar-refractivity contribution is 5.80. The highest BCUT2D eigenvalue weighted by Crippen LogP contribution is 2.52. The van der Waals surface area contributed by atoms with E-state index in [1.54, 1.807) is 66.6 Å². The maximum Gasteiger partial charge on any atom is 0.316 e. The van der Waals surface area contributed by atoms with Gasteiger partial charge >= 0.3 is 24.0 Å². The predicted octanol–water partition coefficient (Wildman–Crippen LogP) is 12.6. The first-order valence-electron chi connectivity index (χ1n) is 50.7. The number of amides is 4. The molecule has 4 bridgehead atoms. The molecule has 31 nitrogen and oxygen atoms in total. The molecule has 0 radical (unpaired) electrons. The number of rotatable bonds is 25. The Morgan fingerprint density at radius 1 is 0.478 bits per heavy atom. The maximum atomic E-state index is 14.6. The molecule has 14 aliphatic rings. The van der Waals surface area contributed by atoms with Gasteiger partial charge in [0, 0.05) is 111 Å². The van der Waals surface area contributed by atoms with Crippen LogP contribution in [-0.2, 0) is 99.6 Å². The third kappa shape index (κ3) is 23.7. The average Bonchev–Trinajstić information content (AvgIpc) is 1.68. The Balaban J connectivity index is 0.518. The Kier molecular flexibility index (Phi) is 35.9. The van der Waals surface area contributed by atoms with Crippen LogP contribution in [0.4, 0.5) is 9.59 Å². The van der Waals surface area contributed by atoms with Crippen molar-refractivity contribution in [1.29, 1.82) is 0 Å². The summed E-state index contributed by atoms with van der Waals surface area (Å²) < 4.78 is 125. The number of ether oxygens (including phenoxy) is 19. The highest BCUT2D eigenvalue weighted by Gasteiger charge is 2.63. The molecule has 4 amide bonds. The molecule has 8 saturated heterocycles. The van der Waals surface area contributed by atoms with E-state index in [2.05, 4.69) is 114 Å². The van der Waals surface area contributed by atoms with Crippen LogP contribution in [0.1, 0.15) is 220 Å². The van der Waals surface area contributed by atoms with E-state index in [4.69, 9.17) is 90.0 Å². The first-order chi connectivity index (χ1) is 64.9. The third-order valence-corrected chi connectivity index (χ3v) is 32.1. The molecule has 2 spiro atoms. The average molecular weight is 1910 g/mol. The second-order valence-corrected chi connectivity index (χ2v) is 41.7. The van der Waals surface area contributed by atoms with Crippen LogP contribution in [-0.4, -0.2) is 287 Å². The summed E-state index contributed by atoms with van der Waals surface area (Å²) in [7, 11) is 6.52. The van der Waals surface area contributed by atoms with Crippen LogP contribution >= 0.6 is 0 Å². The Labute approximate surface area is 805 Å². The number of hydrogen-bond donors (Lipinski definition) is 8. The Hall–Kier alpha value is -5.96. The summed E-state index contributed by atoms with van der Waals surface area (Å²) in [4.78, 5) is 56.3. The molecule has 11 aliphatic heterocycles. The van der Waals surface area contributed by atoms with Crippen molar-refractivity contribution in [3.63, 3.8) is 0 Å². The Morgan fingerprint density at radius 2 is 0.904 bits per heavy atom. The first kappa shape index (κ1) is 106. The molecule has 40 atom stereocenters. The van der Waals surface area contributed by atoms with Gasteiger partial charge in [0.1, 0.15) is 71.9 Å². The lowest BCUT2D eigenvalue weighted by molar-refractivity contribution is -0.311. The topological polar surface area (TPSA) is 373 Å². The lowest BCUT2D eigenvalue weighted by Crippen LogP contribution is -2.60. The van der Waals surface area contributed by atoms with Crippen molar-refractivity contribution in [2.75, 3.05) is 54.7 Å². The summed E-state index contributed by atoms with van der Waals surface area (Å²) in [6.45, 7) is 33.5. The van der Waals surface area contributed by atoms with Crippen LogP contribution in [0.5, 0.6) is 0 Å². The summed E-state index contributed by atoms with van der Waals surface area (Å²) in [6.07, 6.45) is 21.6. The van der Waals surface area contributed by atoms with E-state index in [0.29, 0.717) is 124 Å². The molecule has 0 saturated carbocycles. The largest absolute Gasteiger partial charge is 0.462 e. The van der Waals surface area contributed by atoms with Gasteiger partial charge in [-0.1, -0.05) is 160 Å². The standard InChI is InChI=1S/C105H160N4O27/c1-21-56(3)76-53-102(39-37-58(76)5)51-74-45-72(134-102)35-33-61(8)91(59(6)29-27-31-70-54-122-96-89(110)64(11)43-77(98(112)128-74)104(70,96)116)130-85-49-81(120-19)94(68(15)126-85)132-83-47-79(118-17)87(66(13)124-83)108-100(114)106-41-25-23-24-26-42-107-101(115)109-88-67(14)125-84(48-80(88)119-18)133-95-69(16)127-86(50-82(95)121-20)131-92-60(7)30-28-32-71-55-123-97-90(111)65(12)44-78(105(71,97)117)99(113)129-75-46-73(36-34-62(92)9)135-103(52-75)40-38-63(10)93(136-103)57(4)22-2/h27-34,37-40,43-44,56-60,63,66-69,72-97,110-111,116-117H,21-26,35-36,41-42,45-55H2,1-20H3,(H2,106,108,114)(H2,107,109,115)/b29-27+,30-28+,61-33+,62-34+,70-31+,71-32+/t56-,57-,58-,59-,60-,63-,66-,67-,68-,69-,72+,73+,74-,75-,76+,77-,78-,79-,80-,81-,82-,83-,84-,85-,86-,87+,88+,89+,90+,91-,92-,93+,94-,95-,96+,97+,102-,103+,104+,105+/m0/s1. The molecule has 8 fully saturated rings. The zero-order valence-electron chi connectivity index (χ0n) is 83.9. The van der Waals surface area contributed by atoms with Crippen LogP contribution in [0.15, 0.2) is 119 Å². The number of fused-ring (bicyclic) bond motifs is 4. The number of aliphatic hydroxyl groups excluding tert-OH is 2. The number of urea groups is 2. The number of aliphatic hydroxyl groups is 4. The fourth-order valence-electron chi connectivity index (χ4n) is 23.7. The van der Waals surface area contributed by atoms with Gasteiger partial charge in [-0.15, -0.1) is 0 Å². The van der Waals surface area contributed by atoms with Crippen LogP contribution < -0.4 is 21.3 Å². The number of hydrogen-bond acceptors (Lipinski definition) is 27. The normalized spacial score (nSPS) is 45.8. The third-order valence-electron chi connectivity index (χ3n) is 32.1. The number of carbonyl (C=O) groups is 4. The van der Waals surface area contributed by atoms with Gasteiger partial charge in [0.25, 0.3) is 0 Å². The van der Waals surface area contributed by atoms with Gasteiger partial charge < -0.3 is 132 Å². The maximum absolute atomic E-state index is 14.6. The summed E-state index contributed by atoms with van der Waals surface area (Å²) in [6, 6.07) is -1.69. The first-order valence-corrected chi connectivity index (χ1v) is 50.7. The van der Waals surface area contributed by atoms with Gasteiger partial charge in [0.2, 0.25) is 0 Å². The minimum absolute atomic E-state index is 0.00527. The van der Waals surface area contributed by atoms with E-state index >= 15 is 0 Å². The molecule has 0 unspecified atom stereocenters. The second kappa shape index (κ2) is 46.2. The molecule has 3 aliphatic carbocycles. The molecule has 8 N–H and O–H groups in total. The SMILES string of the molecule is CC[C@H](C)[C@H]1C[C@]2(C=C[C@@H]1C)C[C@@H]1C[C@@H](C/C=C(\C)[C@@H](O[C@H]3C[C@H](OC)[C@@H](O[C@H]4C[C@H](OC)[C@H](NC(=O)NCCCCCCNC(=O)N[C@@H]5[C@H](C)O[C@@H](O[C@H]6[C@H](C)O[C@@H](O[C@@H]7/C(C)=C/C[C@@H]8C[C@@H](C[C@]9(C=C[C@H](C)[C@@H]([C@@H](C)CC)O9)O8)OC(=O)[C@@H]8C=C(C)[C@@H](O)[C@H]9OC/C(=C\C=C\[C@@H]7C)[C@]98O)C[C@@H]6OC)C[C@@H]5OC)[C@H](C)O4)[C@H](C)O3)[C@@H](C)/C=C/C=C3\CO[C@@H]4[C@H](O)C(C)=C[C@@H](C(=O)O1)[C@]34O)O2. The molecular formula is C105H160N4O27. The minimum Gasteiger partial charge on any atom is -0.462 e. The molecule has 14 rings (SSSR count). The van der Waals surface area contributed by atoms with Crippen molar-refractivity contribution in [3.05, 3.63) is 119 Å². The fourth-order valence-corrected chi connectivity index (χ4v) is 23.7. The monoisotopic (exact) mass is 1910 g/mol. The molecule has 0 aromatic rings. The zero-order valence-corrected chi connectivity index (χ0v) is 83.9. The Bertz CT molecular complexity index is 4110. The van der Waals surface area contributed by atoms with Gasteiger partial charge in [-0.3, -0.25) is 9.59 Å². The van der Waals surface area contributed by atoms with E-state index < -0.39 is 200 Å². The lowest BCUT2D eigenvalue weighted by Gasteiger charge is -2.48. The van der Waals surface area contributed by atoms with Crippen molar-refractivity contribution in [3.8, 4) is 0 Å². The smallest absolute Gasteiger partial charge is 0.316 e. The Morgan fingerprint density at radius 3 is 1.36 bits per heavy atom. The number of esters is 2. The minimum atomic E-state index is -1.89. The highest BCUT2D eigenvalue weighted by atomic mass is 16.7. The van der Waals surface area contributed by atoms with Crippen LogP contribution in [0.2, 0.25) is 0 Å². The van der Waals surface area contributed by atoms with Crippen LogP contribution in [0.25, 0.3) is 0 Å². The summed E-state index contributed by atoms with van der Waals surface area (Å²) in [5.41, 5.74) is -0.565. The molecular weight excluding hydrogens is 1750 g/mol. The predicted molar refractivity (Wildman–Crippen MR) is 505 cm³/mol. The van der Waals surface area contributed by atoms with Gasteiger partial charge in [-0.2, -0.15) is 0 Å². The van der Waals surface area contributed by atoms with E-state index in [1.165, 1.54) is 0 Å². The fraction of sp³-hybridized carbons (Fsp3) is 0.771. The molecule has 31 heteroatoms. The van der Waals surface area contributed by atoms with Gasteiger partial charge in [0.15, 0.2) is 30.9 Å². The summed E-state index contributed by atoms with van der Waals surface area (Å²) in [5.74, 6) is -3.56. The van der Waals surface area contributed by atoms with Gasteiger partial charge in [-0.25, -0.2) is 9.59 Å². The molecule has 762 valence electrons. The number of methoxy groups -OCH3 is 4. The summed E-state index contributed by atoms with van der Waals surface area (Å²) >= 11 is 0. The molecule has 136 heavy (non-hydrogen) atoms. The molecule has 0 aromatic carbocycles. The van der Waals surface area contributed by atoms with Crippen LogP contribution in [0, 0.1) is 53.3 Å². The van der Waals surface area contributed by atoms with Gasteiger partial charge in [0.05, 0.1) is 110 Å². The van der Waals surface area contributed by atoms with E-state index in [9.17, 15) is 39.6 Å². The summed E-state index contributed by atoms with van der Waals surface area (Å²) in [5, 5.41) is 60.5. The van der Waals surface area contributed by atoms with E-state index in [1.807, 2.05) is 65.0 Å². The molecule has 11 heterocycles. The number of nitrogens with one attached hydrogen (secondary N) is 4. The van der Waals surface area contributed by atoms with E-state index in [-0.39, 0.29) is 67.6 Å². The van der Waals surface area contributed by atoms with Crippen LogP contribution in [0.3, 0.4) is 0 Å². The van der Waals surface area contributed by atoms with Crippen molar-refractivity contribution in [2.45, 2.75) is 408 Å². The lowest BCUT2D eigenvalue weighted by atomic mass is 9.68. The van der Waals surface area contributed by atoms with Crippen molar-refractivity contribution in [1.82, 2.24) is 21.3 Å².